The Kier molecular flexibility index (Phi) is 6.03. The Balaban J connectivity index is 1.92. The summed E-state index contributed by atoms with van der Waals surface area (Å²) in [5.41, 5.74) is 2.38. The Morgan fingerprint density at radius 1 is 1.24 bits per heavy atom. The van der Waals surface area contributed by atoms with Crippen LogP contribution in [0.15, 0.2) is 42.7 Å². The van der Waals surface area contributed by atoms with Gasteiger partial charge in [0.15, 0.2) is 0 Å². The standard InChI is InChI=1S/C17H21ClN2O/c1-3-20-13(2)15-4-5-17(16(18)12-15)21-11-8-14-6-9-19-10-7-14/h4-7,9-10,12-13,20H,3,8,11H2,1-2H3. The number of nitrogens with zero attached hydrogens (tertiary/aromatic N) is 1. The van der Waals surface area contributed by atoms with Crippen molar-refractivity contribution < 1.29 is 4.74 Å². The Bertz CT molecular complexity index is 560. The van der Waals surface area contributed by atoms with Crippen LogP contribution in [0.1, 0.15) is 31.0 Å². The number of aromatic nitrogens is 1. The van der Waals surface area contributed by atoms with Crippen molar-refractivity contribution in [1.82, 2.24) is 10.3 Å². The molecule has 0 spiro atoms. The van der Waals surface area contributed by atoms with Gasteiger partial charge in [-0.1, -0.05) is 24.6 Å². The molecule has 112 valence electrons. The first-order valence-electron chi connectivity index (χ1n) is 7.25. The van der Waals surface area contributed by atoms with E-state index in [1.165, 1.54) is 11.1 Å². The molecule has 1 unspecified atom stereocenters. The molecule has 0 aliphatic rings. The van der Waals surface area contributed by atoms with Crippen molar-refractivity contribution in [1.29, 1.82) is 0 Å². The SMILES string of the molecule is CCNC(C)c1ccc(OCCc2ccncc2)c(Cl)c1. The highest BCUT2D eigenvalue weighted by atomic mass is 35.5. The van der Waals surface area contributed by atoms with Crippen LogP contribution >= 0.6 is 11.6 Å². The molecule has 0 aliphatic heterocycles. The maximum Gasteiger partial charge on any atom is 0.137 e. The van der Waals surface area contributed by atoms with Gasteiger partial charge in [0.25, 0.3) is 0 Å². The molecule has 0 radical (unpaired) electrons. The largest absolute Gasteiger partial charge is 0.492 e. The summed E-state index contributed by atoms with van der Waals surface area (Å²) in [6.45, 7) is 5.75. The molecule has 1 aromatic heterocycles. The molecule has 4 heteroatoms. The summed E-state index contributed by atoms with van der Waals surface area (Å²) in [7, 11) is 0. The van der Waals surface area contributed by atoms with Gasteiger partial charge in [0.2, 0.25) is 0 Å². The lowest BCUT2D eigenvalue weighted by Crippen LogP contribution is -2.17. The summed E-state index contributed by atoms with van der Waals surface area (Å²) in [6, 6.07) is 10.2. The van der Waals surface area contributed by atoms with E-state index in [0.29, 0.717) is 17.7 Å². The Morgan fingerprint density at radius 3 is 2.67 bits per heavy atom. The Labute approximate surface area is 131 Å². The van der Waals surface area contributed by atoms with Crippen molar-refractivity contribution in [2.75, 3.05) is 13.2 Å². The van der Waals surface area contributed by atoms with E-state index in [-0.39, 0.29) is 0 Å². The number of ether oxygens (including phenoxy) is 1. The Hall–Kier alpha value is -1.58. The van der Waals surface area contributed by atoms with Crippen LogP contribution in [-0.2, 0) is 6.42 Å². The molecule has 0 bridgehead atoms. The number of nitrogens with one attached hydrogen (secondary N) is 1. The third kappa shape index (κ3) is 4.73. The predicted molar refractivity (Wildman–Crippen MR) is 87.0 cm³/mol. The van der Waals surface area contributed by atoms with Crippen molar-refractivity contribution in [3.63, 3.8) is 0 Å². The van der Waals surface area contributed by atoms with E-state index in [0.717, 1.165) is 18.7 Å². The van der Waals surface area contributed by atoms with Gasteiger partial charge in [0.05, 0.1) is 11.6 Å². The average Bonchev–Trinajstić information content (AvgIpc) is 2.50. The number of halogens is 1. The van der Waals surface area contributed by atoms with Crippen molar-refractivity contribution in [3.8, 4) is 5.75 Å². The molecule has 3 nitrogen and oxygen atoms in total. The summed E-state index contributed by atoms with van der Waals surface area (Å²) >= 11 is 6.29. The van der Waals surface area contributed by atoms with Crippen molar-refractivity contribution in [3.05, 3.63) is 58.9 Å². The molecule has 1 atom stereocenters. The topological polar surface area (TPSA) is 34.1 Å². The summed E-state index contributed by atoms with van der Waals surface area (Å²) in [5, 5.41) is 4.03. The van der Waals surface area contributed by atoms with Crippen molar-refractivity contribution in [2.45, 2.75) is 26.3 Å². The average molecular weight is 305 g/mol. The molecule has 0 aliphatic carbocycles. The highest BCUT2D eigenvalue weighted by Crippen LogP contribution is 2.28. The van der Waals surface area contributed by atoms with Crippen LogP contribution in [0.5, 0.6) is 5.75 Å². The van der Waals surface area contributed by atoms with E-state index < -0.39 is 0 Å². The summed E-state index contributed by atoms with van der Waals surface area (Å²) in [6.07, 6.45) is 4.42. The monoisotopic (exact) mass is 304 g/mol. The fraction of sp³-hybridized carbons (Fsp3) is 0.353. The zero-order chi connectivity index (χ0) is 15.1. The molecular formula is C17H21ClN2O. The minimum atomic E-state index is 0.290. The summed E-state index contributed by atoms with van der Waals surface area (Å²) in [4.78, 5) is 4.00. The lowest BCUT2D eigenvalue weighted by atomic mass is 10.1. The van der Waals surface area contributed by atoms with E-state index in [9.17, 15) is 0 Å². The van der Waals surface area contributed by atoms with E-state index in [1.807, 2.05) is 24.3 Å². The lowest BCUT2D eigenvalue weighted by Gasteiger charge is -2.15. The molecule has 2 aromatic rings. The van der Waals surface area contributed by atoms with Gasteiger partial charge >= 0.3 is 0 Å². The molecule has 1 N–H and O–H groups in total. The normalized spacial score (nSPS) is 12.1. The Morgan fingerprint density at radius 2 is 2.00 bits per heavy atom. The van der Waals surface area contributed by atoms with Crippen LogP contribution in [0.3, 0.4) is 0 Å². The second-order valence-corrected chi connectivity index (χ2v) is 5.33. The van der Waals surface area contributed by atoms with Gasteiger partial charge in [-0.3, -0.25) is 4.98 Å². The van der Waals surface area contributed by atoms with E-state index >= 15 is 0 Å². The minimum Gasteiger partial charge on any atom is -0.492 e. The highest BCUT2D eigenvalue weighted by molar-refractivity contribution is 6.32. The quantitative estimate of drug-likeness (QED) is 0.838. The third-order valence-corrected chi connectivity index (χ3v) is 3.66. The zero-order valence-electron chi connectivity index (χ0n) is 12.5. The van der Waals surface area contributed by atoms with Gasteiger partial charge in [-0.2, -0.15) is 0 Å². The van der Waals surface area contributed by atoms with Gasteiger partial charge in [0.1, 0.15) is 5.75 Å². The van der Waals surface area contributed by atoms with Gasteiger partial charge in [0, 0.05) is 24.9 Å². The smallest absolute Gasteiger partial charge is 0.137 e. The molecular weight excluding hydrogens is 284 g/mol. The van der Waals surface area contributed by atoms with Gasteiger partial charge < -0.3 is 10.1 Å². The fourth-order valence-electron chi connectivity index (χ4n) is 2.16. The summed E-state index contributed by atoms with van der Waals surface area (Å²) in [5.74, 6) is 0.734. The van der Waals surface area contributed by atoms with Crippen molar-refractivity contribution in [2.24, 2.45) is 0 Å². The first-order chi connectivity index (χ1) is 10.2. The molecule has 0 fully saturated rings. The number of benzene rings is 1. The summed E-state index contributed by atoms with van der Waals surface area (Å²) < 4.78 is 5.76. The van der Waals surface area contributed by atoms with E-state index in [2.05, 4.69) is 30.2 Å². The zero-order valence-corrected chi connectivity index (χ0v) is 13.2. The van der Waals surface area contributed by atoms with Crippen LogP contribution in [-0.4, -0.2) is 18.1 Å². The second kappa shape index (κ2) is 8.01. The van der Waals surface area contributed by atoms with Crippen LogP contribution in [0.2, 0.25) is 5.02 Å². The molecule has 2 rings (SSSR count). The molecule has 21 heavy (non-hydrogen) atoms. The van der Waals surface area contributed by atoms with E-state index in [1.54, 1.807) is 12.4 Å². The van der Waals surface area contributed by atoms with Crippen LogP contribution in [0.4, 0.5) is 0 Å². The number of hydrogen-bond donors (Lipinski definition) is 1. The van der Waals surface area contributed by atoms with Gasteiger partial charge in [-0.25, -0.2) is 0 Å². The first-order valence-corrected chi connectivity index (χ1v) is 7.63. The van der Waals surface area contributed by atoms with Crippen molar-refractivity contribution >= 4 is 11.6 Å². The van der Waals surface area contributed by atoms with Gasteiger partial charge in [-0.05, 0) is 48.9 Å². The molecule has 0 amide bonds. The maximum atomic E-state index is 6.29. The lowest BCUT2D eigenvalue weighted by molar-refractivity contribution is 0.322. The maximum absolute atomic E-state index is 6.29. The second-order valence-electron chi connectivity index (χ2n) is 4.92. The van der Waals surface area contributed by atoms with Crippen LogP contribution in [0, 0.1) is 0 Å². The fourth-order valence-corrected chi connectivity index (χ4v) is 2.40. The highest BCUT2D eigenvalue weighted by Gasteiger charge is 2.08. The molecule has 0 saturated heterocycles. The first kappa shape index (κ1) is 15.8. The third-order valence-electron chi connectivity index (χ3n) is 3.36. The number of pyridine rings is 1. The van der Waals surface area contributed by atoms with Crippen LogP contribution in [0.25, 0.3) is 0 Å². The molecule has 1 heterocycles. The molecule has 1 aromatic carbocycles. The van der Waals surface area contributed by atoms with E-state index in [4.69, 9.17) is 16.3 Å². The molecule has 0 saturated carbocycles. The minimum absolute atomic E-state index is 0.290. The number of rotatable bonds is 7. The predicted octanol–water partition coefficient (Wildman–Crippen LogP) is 4.03. The van der Waals surface area contributed by atoms with Crippen LogP contribution < -0.4 is 10.1 Å². The number of hydrogen-bond acceptors (Lipinski definition) is 3. The van der Waals surface area contributed by atoms with Gasteiger partial charge in [-0.15, -0.1) is 0 Å².